The predicted octanol–water partition coefficient (Wildman–Crippen LogP) is 1.85. The second-order valence-corrected chi connectivity index (χ2v) is 4.25. The van der Waals surface area contributed by atoms with Crippen molar-refractivity contribution in [3.05, 3.63) is 35.0 Å². The van der Waals surface area contributed by atoms with Crippen LogP contribution in [0.15, 0.2) is 18.5 Å². The van der Waals surface area contributed by atoms with Crippen LogP contribution in [0.4, 0.5) is 0 Å². The smallest absolute Gasteiger partial charge is 0.199 e. The van der Waals surface area contributed by atoms with Crippen LogP contribution < -0.4 is 0 Å². The maximum Gasteiger partial charge on any atom is 0.199 e. The minimum atomic E-state index is 0.346. The third-order valence-corrected chi connectivity index (χ3v) is 3.07. The van der Waals surface area contributed by atoms with Crippen molar-refractivity contribution in [1.29, 1.82) is 0 Å². The van der Waals surface area contributed by atoms with Gasteiger partial charge >= 0.3 is 0 Å². The van der Waals surface area contributed by atoms with Gasteiger partial charge in [0.2, 0.25) is 0 Å². The molecule has 0 radical (unpaired) electrons. The van der Waals surface area contributed by atoms with E-state index < -0.39 is 0 Å². The molecule has 3 aromatic heterocycles. The Morgan fingerprint density at radius 1 is 1.17 bits per heavy atom. The Labute approximate surface area is 108 Å². The maximum absolute atomic E-state index is 6.07. The first-order valence-electron chi connectivity index (χ1n) is 5.33. The average Bonchev–Trinajstić information content (AvgIpc) is 2.82. The first kappa shape index (κ1) is 11.0. The number of nitrogens with zero attached hydrogens (tertiary/aromatic N) is 6. The third-order valence-electron chi connectivity index (χ3n) is 2.81. The number of hydrogen-bond donors (Lipinski definition) is 0. The van der Waals surface area contributed by atoms with E-state index in [1.807, 2.05) is 24.3 Å². The number of rotatable bonds is 1. The zero-order valence-electron chi connectivity index (χ0n) is 9.79. The molecule has 7 heteroatoms. The molecule has 0 aromatic carbocycles. The fourth-order valence-electron chi connectivity index (χ4n) is 1.79. The van der Waals surface area contributed by atoms with Gasteiger partial charge in [-0.05, 0) is 19.9 Å². The fourth-order valence-corrected chi connectivity index (χ4v) is 2.03. The van der Waals surface area contributed by atoms with Crippen LogP contribution in [0, 0.1) is 13.8 Å². The monoisotopic (exact) mass is 260 g/mol. The van der Waals surface area contributed by atoms with Gasteiger partial charge in [0.05, 0.1) is 18.1 Å². The lowest BCUT2D eigenvalue weighted by Crippen LogP contribution is -2.01. The zero-order chi connectivity index (χ0) is 12.7. The van der Waals surface area contributed by atoms with E-state index in [2.05, 4.69) is 25.4 Å². The molecule has 0 aliphatic rings. The fraction of sp³-hybridized carbons (Fsp3) is 0.182. The van der Waals surface area contributed by atoms with Gasteiger partial charge in [0.1, 0.15) is 0 Å². The van der Waals surface area contributed by atoms with Gasteiger partial charge in [-0.25, -0.2) is 4.98 Å². The number of hydrogen-bond acceptors (Lipinski definition) is 5. The molecule has 0 spiro atoms. The van der Waals surface area contributed by atoms with Gasteiger partial charge in [0, 0.05) is 11.3 Å². The molecule has 18 heavy (non-hydrogen) atoms. The lowest BCUT2D eigenvalue weighted by Gasteiger charge is -2.06. The Bertz CT molecular complexity index is 721. The highest BCUT2D eigenvalue weighted by molar-refractivity contribution is 6.32. The quantitative estimate of drug-likeness (QED) is 0.668. The van der Waals surface area contributed by atoms with Crippen LogP contribution in [0.3, 0.4) is 0 Å². The van der Waals surface area contributed by atoms with Gasteiger partial charge in [-0.2, -0.15) is 10.2 Å². The van der Waals surface area contributed by atoms with E-state index in [0.29, 0.717) is 16.6 Å². The van der Waals surface area contributed by atoms with Crippen LogP contribution in [-0.4, -0.2) is 29.8 Å². The molecule has 0 unspecified atom stereocenters. The van der Waals surface area contributed by atoms with Gasteiger partial charge in [-0.3, -0.25) is 4.40 Å². The summed E-state index contributed by atoms with van der Waals surface area (Å²) in [7, 11) is 0. The summed E-state index contributed by atoms with van der Waals surface area (Å²) in [4.78, 5) is 4.22. The van der Waals surface area contributed by atoms with E-state index >= 15 is 0 Å². The van der Waals surface area contributed by atoms with Crippen molar-refractivity contribution in [2.24, 2.45) is 0 Å². The van der Waals surface area contributed by atoms with Crippen molar-refractivity contribution in [3.8, 4) is 11.4 Å². The SMILES string of the molecule is Cc1nc(Cl)c2nnc(-c3ccnnc3)n2c1C. The Morgan fingerprint density at radius 2 is 2.00 bits per heavy atom. The Balaban J connectivity index is 2.39. The van der Waals surface area contributed by atoms with Crippen molar-refractivity contribution in [2.75, 3.05) is 0 Å². The van der Waals surface area contributed by atoms with Gasteiger partial charge in [0.25, 0.3) is 0 Å². The third kappa shape index (κ3) is 1.53. The molecule has 0 saturated heterocycles. The highest BCUT2D eigenvalue weighted by Gasteiger charge is 2.15. The second kappa shape index (κ2) is 3.99. The summed E-state index contributed by atoms with van der Waals surface area (Å²) in [6, 6.07) is 1.83. The standard InChI is InChI=1S/C11H9ClN6/c1-6-7(2)18-10(8-3-4-13-14-5-8)16-17-11(18)9(12)15-6/h3-5H,1-2H3. The Kier molecular flexibility index (Phi) is 2.45. The van der Waals surface area contributed by atoms with E-state index in [4.69, 9.17) is 11.6 Å². The molecular formula is C11H9ClN6. The van der Waals surface area contributed by atoms with Crippen LogP contribution in [0.1, 0.15) is 11.4 Å². The molecule has 3 rings (SSSR count). The first-order valence-corrected chi connectivity index (χ1v) is 5.71. The van der Waals surface area contributed by atoms with Crippen LogP contribution in [0.5, 0.6) is 0 Å². The van der Waals surface area contributed by atoms with Crippen LogP contribution in [0.2, 0.25) is 5.15 Å². The minimum Gasteiger partial charge on any atom is -0.275 e. The molecule has 3 heterocycles. The molecule has 0 amide bonds. The first-order chi connectivity index (χ1) is 8.68. The molecule has 6 nitrogen and oxygen atoms in total. The molecule has 0 saturated carbocycles. The van der Waals surface area contributed by atoms with Crippen molar-refractivity contribution < 1.29 is 0 Å². The molecule has 0 atom stereocenters. The van der Waals surface area contributed by atoms with Crippen LogP contribution >= 0.6 is 11.6 Å². The summed E-state index contributed by atoms with van der Waals surface area (Å²) >= 11 is 6.07. The largest absolute Gasteiger partial charge is 0.275 e. The molecule has 0 fully saturated rings. The van der Waals surface area contributed by atoms with E-state index in [1.165, 1.54) is 0 Å². The molecular weight excluding hydrogens is 252 g/mol. The van der Waals surface area contributed by atoms with Crippen molar-refractivity contribution in [2.45, 2.75) is 13.8 Å². The van der Waals surface area contributed by atoms with E-state index in [1.54, 1.807) is 12.4 Å². The summed E-state index contributed by atoms with van der Waals surface area (Å²) in [6.07, 6.45) is 3.25. The zero-order valence-corrected chi connectivity index (χ0v) is 10.5. The normalized spacial score (nSPS) is 11.1. The molecule has 3 aromatic rings. The maximum atomic E-state index is 6.07. The highest BCUT2D eigenvalue weighted by Crippen LogP contribution is 2.23. The van der Waals surface area contributed by atoms with Gasteiger partial charge in [-0.1, -0.05) is 11.6 Å². The van der Waals surface area contributed by atoms with E-state index in [9.17, 15) is 0 Å². The number of halogens is 1. The number of aromatic nitrogens is 6. The van der Waals surface area contributed by atoms with Crippen molar-refractivity contribution >= 4 is 17.2 Å². The van der Waals surface area contributed by atoms with Crippen LogP contribution in [0.25, 0.3) is 17.0 Å². The molecule has 0 aliphatic carbocycles. The lowest BCUT2D eigenvalue weighted by atomic mass is 10.3. The summed E-state index contributed by atoms with van der Waals surface area (Å²) in [5.74, 6) is 0.685. The summed E-state index contributed by atoms with van der Waals surface area (Å²) < 4.78 is 1.88. The summed E-state index contributed by atoms with van der Waals surface area (Å²) in [6.45, 7) is 3.85. The number of aryl methyl sites for hydroxylation is 2. The second-order valence-electron chi connectivity index (χ2n) is 3.89. The lowest BCUT2D eigenvalue weighted by molar-refractivity contribution is 0.987. The minimum absolute atomic E-state index is 0.346. The molecule has 0 bridgehead atoms. The van der Waals surface area contributed by atoms with E-state index in [0.717, 1.165) is 17.0 Å². The van der Waals surface area contributed by atoms with Gasteiger partial charge in [-0.15, -0.1) is 10.2 Å². The average molecular weight is 261 g/mol. The topological polar surface area (TPSA) is 68.9 Å². The van der Waals surface area contributed by atoms with Crippen molar-refractivity contribution in [3.63, 3.8) is 0 Å². The molecule has 0 aliphatic heterocycles. The van der Waals surface area contributed by atoms with E-state index in [-0.39, 0.29) is 0 Å². The van der Waals surface area contributed by atoms with Crippen molar-refractivity contribution in [1.82, 2.24) is 29.8 Å². The van der Waals surface area contributed by atoms with Gasteiger partial charge in [0.15, 0.2) is 16.6 Å². The summed E-state index contributed by atoms with van der Waals surface area (Å²) in [5.41, 5.74) is 3.18. The molecule has 90 valence electrons. The summed E-state index contributed by atoms with van der Waals surface area (Å²) in [5, 5.41) is 16.2. The predicted molar refractivity (Wildman–Crippen MR) is 66.3 cm³/mol. The highest BCUT2D eigenvalue weighted by atomic mass is 35.5. The molecule has 0 N–H and O–H groups in total. The Hall–Kier alpha value is -2.08. The van der Waals surface area contributed by atoms with Gasteiger partial charge < -0.3 is 0 Å². The Morgan fingerprint density at radius 3 is 2.72 bits per heavy atom. The van der Waals surface area contributed by atoms with Crippen LogP contribution in [-0.2, 0) is 0 Å². The number of fused-ring (bicyclic) bond motifs is 1.